The lowest BCUT2D eigenvalue weighted by Gasteiger charge is -2.34. The van der Waals surface area contributed by atoms with Gasteiger partial charge < -0.3 is 25.4 Å². The summed E-state index contributed by atoms with van der Waals surface area (Å²) in [5, 5.41) is 2.86. The van der Waals surface area contributed by atoms with Crippen LogP contribution in [-0.2, 0) is 4.74 Å². The summed E-state index contributed by atoms with van der Waals surface area (Å²) in [6.07, 6.45) is -0.118. The molecule has 0 saturated carbocycles. The van der Waals surface area contributed by atoms with Gasteiger partial charge in [0.25, 0.3) is 0 Å². The number of para-hydroxylation sites is 2. The standard InChI is InChI=1S/C14H21N3O3/c1-10(15)13-9-17(7-8-20-13)14(18)16-11-5-3-4-6-12(11)19-2/h3-6,10,13H,7-9,15H2,1-2H3,(H,16,18). The number of benzene rings is 1. The first-order valence-electron chi connectivity index (χ1n) is 6.68. The summed E-state index contributed by atoms with van der Waals surface area (Å²) in [6, 6.07) is 7.05. The third-order valence-corrected chi connectivity index (χ3v) is 3.32. The van der Waals surface area contributed by atoms with Gasteiger partial charge in [0.15, 0.2) is 0 Å². The van der Waals surface area contributed by atoms with E-state index in [1.807, 2.05) is 19.1 Å². The number of anilines is 1. The Bertz CT molecular complexity index is 465. The van der Waals surface area contributed by atoms with Gasteiger partial charge in [-0.05, 0) is 19.1 Å². The molecule has 20 heavy (non-hydrogen) atoms. The molecule has 1 aromatic carbocycles. The number of ether oxygens (including phenoxy) is 2. The molecule has 6 nitrogen and oxygen atoms in total. The highest BCUT2D eigenvalue weighted by Crippen LogP contribution is 2.23. The quantitative estimate of drug-likeness (QED) is 0.873. The lowest BCUT2D eigenvalue weighted by molar-refractivity contribution is -0.0220. The second-order valence-corrected chi connectivity index (χ2v) is 4.84. The lowest BCUT2D eigenvalue weighted by atomic mass is 10.1. The Morgan fingerprint density at radius 3 is 3.00 bits per heavy atom. The van der Waals surface area contributed by atoms with Gasteiger partial charge in [-0.15, -0.1) is 0 Å². The van der Waals surface area contributed by atoms with Gasteiger partial charge in [0.1, 0.15) is 5.75 Å². The van der Waals surface area contributed by atoms with Crippen molar-refractivity contribution in [3.63, 3.8) is 0 Å². The van der Waals surface area contributed by atoms with Crippen LogP contribution in [0.15, 0.2) is 24.3 Å². The molecule has 1 saturated heterocycles. The van der Waals surface area contributed by atoms with E-state index in [0.29, 0.717) is 31.1 Å². The fourth-order valence-corrected chi connectivity index (χ4v) is 2.12. The molecule has 2 unspecified atom stereocenters. The zero-order valence-corrected chi connectivity index (χ0v) is 11.8. The molecule has 0 aliphatic carbocycles. The highest BCUT2D eigenvalue weighted by atomic mass is 16.5. The Hall–Kier alpha value is -1.79. The van der Waals surface area contributed by atoms with E-state index < -0.39 is 0 Å². The summed E-state index contributed by atoms with van der Waals surface area (Å²) in [4.78, 5) is 14.0. The number of hydrogen-bond acceptors (Lipinski definition) is 4. The van der Waals surface area contributed by atoms with E-state index in [2.05, 4.69) is 5.32 Å². The zero-order chi connectivity index (χ0) is 14.5. The van der Waals surface area contributed by atoms with E-state index in [1.165, 1.54) is 0 Å². The Morgan fingerprint density at radius 1 is 1.55 bits per heavy atom. The molecule has 1 fully saturated rings. The predicted octanol–water partition coefficient (Wildman–Crippen LogP) is 1.28. The Morgan fingerprint density at radius 2 is 2.30 bits per heavy atom. The largest absolute Gasteiger partial charge is 0.495 e. The van der Waals surface area contributed by atoms with Crippen LogP contribution in [0.4, 0.5) is 10.5 Å². The topological polar surface area (TPSA) is 76.8 Å². The molecule has 6 heteroatoms. The minimum atomic E-state index is -0.163. The minimum Gasteiger partial charge on any atom is -0.495 e. The molecule has 1 aromatic rings. The molecule has 1 aliphatic heterocycles. The summed E-state index contributed by atoms with van der Waals surface area (Å²) in [5.74, 6) is 0.637. The van der Waals surface area contributed by atoms with Gasteiger partial charge >= 0.3 is 6.03 Å². The first-order chi connectivity index (χ1) is 9.61. The number of nitrogens with zero attached hydrogens (tertiary/aromatic N) is 1. The number of methoxy groups -OCH3 is 1. The summed E-state index contributed by atoms with van der Waals surface area (Å²) in [5.41, 5.74) is 6.48. The summed E-state index contributed by atoms with van der Waals surface area (Å²) in [6.45, 7) is 3.45. The van der Waals surface area contributed by atoms with Crippen molar-refractivity contribution in [1.29, 1.82) is 0 Å². The van der Waals surface area contributed by atoms with Gasteiger partial charge in [0.05, 0.1) is 32.1 Å². The number of amides is 2. The van der Waals surface area contributed by atoms with Crippen LogP contribution in [0.1, 0.15) is 6.92 Å². The third kappa shape index (κ3) is 3.40. The monoisotopic (exact) mass is 279 g/mol. The van der Waals surface area contributed by atoms with Gasteiger partial charge in [-0.1, -0.05) is 12.1 Å². The van der Waals surface area contributed by atoms with Crippen LogP contribution in [0.5, 0.6) is 5.75 Å². The molecular formula is C14H21N3O3. The van der Waals surface area contributed by atoms with Crippen LogP contribution >= 0.6 is 0 Å². The summed E-state index contributed by atoms with van der Waals surface area (Å²) >= 11 is 0. The number of carbonyl (C=O) groups is 1. The van der Waals surface area contributed by atoms with Crippen LogP contribution < -0.4 is 15.8 Å². The van der Waals surface area contributed by atoms with Crippen LogP contribution in [0.3, 0.4) is 0 Å². The van der Waals surface area contributed by atoms with E-state index in [0.717, 1.165) is 0 Å². The van der Waals surface area contributed by atoms with Crippen molar-refractivity contribution in [3.05, 3.63) is 24.3 Å². The van der Waals surface area contributed by atoms with E-state index in [9.17, 15) is 4.79 Å². The van der Waals surface area contributed by atoms with Crippen LogP contribution in [-0.4, -0.2) is 49.9 Å². The van der Waals surface area contributed by atoms with Crippen LogP contribution in [0, 0.1) is 0 Å². The molecule has 2 atom stereocenters. The zero-order valence-electron chi connectivity index (χ0n) is 11.8. The van der Waals surface area contributed by atoms with Gasteiger partial charge in [-0.2, -0.15) is 0 Å². The number of morpholine rings is 1. The van der Waals surface area contributed by atoms with E-state index in [4.69, 9.17) is 15.2 Å². The number of carbonyl (C=O) groups excluding carboxylic acids is 1. The summed E-state index contributed by atoms with van der Waals surface area (Å²) < 4.78 is 10.8. The Balaban J connectivity index is 2.01. The molecule has 0 bridgehead atoms. The average molecular weight is 279 g/mol. The van der Waals surface area contributed by atoms with Gasteiger partial charge in [-0.25, -0.2) is 4.79 Å². The maximum atomic E-state index is 12.3. The number of hydrogen-bond donors (Lipinski definition) is 2. The Labute approximate surface area is 118 Å². The normalized spacial score (nSPS) is 20.4. The van der Waals surface area contributed by atoms with E-state index in [1.54, 1.807) is 24.1 Å². The summed E-state index contributed by atoms with van der Waals surface area (Å²) in [7, 11) is 1.58. The second kappa shape index (κ2) is 6.58. The molecular weight excluding hydrogens is 258 g/mol. The predicted molar refractivity (Wildman–Crippen MR) is 77.0 cm³/mol. The van der Waals surface area contributed by atoms with Crippen molar-refractivity contribution in [2.24, 2.45) is 5.73 Å². The van der Waals surface area contributed by atoms with Crippen molar-refractivity contribution < 1.29 is 14.3 Å². The highest BCUT2D eigenvalue weighted by molar-refractivity contribution is 5.91. The van der Waals surface area contributed by atoms with Crippen molar-refractivity contribution >= 4 is 11.7 Å². The molecule has 2 rings (SSSR count). The smallest absolute Gasteiger partial charge is 0.322 e. The molecule has 3 N–H and O–H groups in total. The fourth-order valence-electron chi connectivity index (χ4n) is 2.12. The number of nitrogens with two attached hydrogens (primary N) is 1. The number of urea groups is 1. The van der Waals surface area contributed by atoms with Crippen molar-refractivity contribution in [1.82, 2.24) is 4.90 Å². The minimum absolute atomic E-state index is 0.100. The second-order valence-electron chi connectivity index (χ2n) is 4.84. The van der Waals surface area contributed by atoms with Crippen LogP contribution in [0.25, 0.3) is 0 Å². The van der Waals surface area contributed by atoms with Crippen molar-refractivity contribution in [3.8, 4) is 5.75 Å². The molecule has 0 aromatic heterocycles. The molecule has 0 radical (unpaired) electrons. The first kappa shape index (κ1) is 14.6. The number of nitrogens with one attached hydrogen (secondary N) is 1. The van der Waals surface area contributed by atoms with Crippen molar-refractivity contribution in [2.45, 2.75) is 19.1 Å². The van der Waals surface area contributed by atoms with E-state index in [-0.39, 0.29) is 18.2 Å². The van der Waals surface area contributed by atoms with Crippen LogP contribution in [0.2, 0.25) is 0 Å². The number of rotatable bonds is 3. The molecule has 2 amide bonds. The maximum Gasteiger partial charge on any atom is 0.322 e. The van der Waals surface area contributed by atoms with Gasteiger partial charge in [0, 0.05) is 12.6 Å². The Kier molecular flexibility index (Phi) is 4.81. The lowest BCUT2D eigenvalue weighted by Crippen LogP contribution is -2.52. The maximum absolute atomic E-state index is 12.3. The van der Waals surface area contributed by atoms with Gasteiger partial charge in [-0.3, -0.25) is 0 Å². The fraction of sp³-hybridized carbons (Fsp3) is 0.500. The van der Waals surface area contributed by atoms with E-state index >= 15 is 0 Å². The molecule has 1 heterocycles. The van der Waals surface area contributed by atoms with Crippen molar-refractivity contribution in [2.75, 3.05) is 32.1 Å². The highest BCUT2D eigenvalue weighted by Gasteiger charge is 2.26. The third-order valence-electron chi connectivity index (χ3n) is 3.32. The average Bonchev–Trinajstić information content (AvgIpc) is 2.48. The SMILES string of the molecule is COc1ccccc1NC(=O)N1CCOC(C(C)N)C1. The molecule has 0 spiro atoms. The molecule has 110 valence electrons. The molecule has 1 aliphatic rings. The van der Waals surface area contributed by atoms with Gasteiger partial charge in [0.2, 0.25) is 0 Å². The first-order valence-corrected chi connectivity index (χ1v) is 6.68.